The molecule has 0 atom stereocenters. The zero-order valence-corrected chi connectivity index (χ0v) is 17.1. The van der Waals surface area contributed by atoms with Gasteiger partial charge in [0.15, 0.2) is 0 Å². The number of H-pyrrole nitrogens is 1. The Morgan fingerprint density at radius 2 is 1.71 bits per heavy atom. The Hall–Kier alpha value is -3.96. The van der Waals surface area contributed by atoms with E-state index >= 15 is 0 Å². The molecule has 0 fully saturated rings. The van der Waals surface area contributed by atoms with Gasteiger partial charge in [0.1, 0.15) is 0 Å². The molecule has 2 heterocycles. The number of amides is 1. The number of benzene rings is 3. The highest BCUT2D eigenvalue weighted by Crippen LogP contribution is 2.29. The number of fused-ring (bicyclic) bond motifs is 2. The quantitative estimate of drug-likeness (QED) is 0.282. The van der Waals surface area contributed by atoms with Gasteiger partial charge >= 0.3 is 0 Å². The van der Waals surface area contributed by atoms with Crippen LogP contribution in [0.1, 0.15) is 15.9 Å². The summed E-state index contributed by atoms with van der Waals surface area (Å²) in [7, 11) is 0. The van der Waals surface area contributed by atoms with Crippen LogP contribution in [0, 0.1) is 0 Å². The minimum absolute atomic E-state index is 0.317. The van der Waals surface area contributed by atoms with Gasteiger partial charge in [0.25, 0.3) is 5.91 Å². The van der Waals surface area contributed by atoms with Crippen molar-refractivity contribution in [3.8, 4) is 11.3 Å². The Morgan fingerprint density at radius 3 is 2.58 bits per heavy atom. The van der Waals surface area contributed by atoms with Gasteiger partial charge in [-0.15, -0.1) is 0 Å². The lowest BCUT2D eigenvalue weighted by Gasteiger charge is -2.10. The van der Waals surface area contributed by atoms with Gasteiger partial charge in [0.05, 0.1) is 23.0 Å². The molecule has 0 aliphatic rings. The summed E-state index contributed by atoms with van der Waals surface area (Å²) in [6, 6.07) is 24.6. The fraction of sp³-hybridized carbons (Fsp3) is 0. The normalized spacial score (nSPS) is 11.4. The largest absolute Gasteiger partial charge is 0.361 e. The first-order valence-corrected chi connectivity index (χ1v) is 10.1. The molecule has 0 aliphatic carbocycles. The number of aromatic nitrogens is 2. The molecule has 0 bridgehead atoms. The molecule has 0 aliphatic heterocycles. The molecule has 31 heavy (non-hydrogen) atoms. The Kier molecular flexibility index (Phi) is 4.94. The van der Waals surface area contributed by atoms with E-state index in [9.17, 15) is 4.79 Å². The van der Waals surface area contributed by atoms with Crippen LogP contribution in [-0.4, -0.2) is 22.1 Å². The molecular weight excluding hydrogens is 408 g/mol. The first kappa shape index (κ1) is 19.0. The molecule has 3 aromatic carbocycles. The van der Waals surface area contributed by atoms with Crippen LogP contribution >= 0.6 is 11.6 Å². The summed E-state index contributed by atoms with van der Waals surface area (Å²) in [5, 5.41) is 6.54. The van der Waals surface area contributed by atoms with E-state index in [-0.39, 0.29) is 5.91 Å². The van der Waals surface area contributed by atoms with Crippen LogP contribution < -0.4 is 5.43 Å². The third kappa shape index (κ3) is 3.67. The number of hydrogen-bond acceptors (Lipinski definition) is 3. The molecular formula is C25H17ClN4O. The number of pyridine rings is 1. The molecule has 0 spiro atoms. The molecule has 5 nitrogen and oxygen atoms in total. The maximum atomic E-state index is 13.0. The minimum atomic E-state index is -0.317. The van der Waals surface area contributed by atoms with Gasteiger partial charge < -0.3 is 4.98 Å². The van der Waals surface area contributed by atoms with E-state index in [0.717, 1.165) is 27.4 Å². The fourth-order valence-electron chi connectivity index (χ4n) is 3.59. The van der Waals surface area contributed by atoms with Gasteiger partial charge in [0, 0.05) is 38.6 Å². The number of carbonyl (C=O) groups is 1. The van der Waals surface area contributed by atoms with Gasteiger partial charge in [-0.25, -0.2) is 10.4 Å². The Balaban J connectivity index is 1.50. The predicted octanol–water partition coefficient (Wildman–Crippen LogP) is 5.80. The first-order valence-electron chi connectivity index (χ1n) is 9.75. The van der Waals surface area contributed by atoms with E-state index in [1.54, 1.807) is 18.3 Å². The topological polar surface area (TPSA) is 70.1 Å². The lowest BCUT2D eigenvalue weighted by atomic mass is 10.0. The number of halogens is 1. The van der Waals surface area contributed by atoms with Crippen molar-refractivity contribution in [2.45, 2.75) is 0 Å². The summed E-state index contributed by atoms with van der Waals surface area (Å²) < 4.78 is 0. The lowest BCUT2D eigenvalue weighted by Crippen LogP contribution is -2.18. The Bertz CT molecular complexity index is 1450. The molecule has 6 heteroatoms. The van der Waals surface area contributed by atoms with Crippen LogP contribution in [0.4, 0.5) is 0 Å². The first-order chi connectivity index (χ1) is 15.2. The van der Waals surface area contributed by atoms with Crippen molar-refractivity contribution in [1.82, 2.24) is 15.4 Å². The smallest absolute Gasteiger partial charge is 0.272 e. The summed E-state index contributed by atoms with van der Waals surface area (Å²) in [6.07, 6.45) is 3.49. The SMILES string of the molecule is O=C(N/N=C/c1c[nH]c2ccccc12)c1cc(-c2ccccc2Cl)nc2ccccc12. The van der Waals surface area contributed by atoms with Crippen LogP contribution in [-0.2, 0) is 0 Å². The van der Waals surface area contributed by atoms with Crippen molar-refractivity contribution in [3.05, 3.63) is 101 Å². The number of aromatic amines is 1. The van der Waals surface area contributed by atoms with E-state index in [2.05, 4.69) is 15.5 Å². The molecule has 150 valence electrons. The molecule has 1 amide bonds. The van der Waals surface area contributed by atoms with E-state index in [0.29, 0.717) is 21.8 Å². The zero-order valence-electron chi connectivity index (χ0n) is 16.3. The van der Waals surface area contributed by atoms with E-state index in [4.69, 9.17) is 16.6 Å². The summed E-state index contributed by atoms with van der Waals surface area (Å²) in [5.74, 6) is -0.317. The number of nitrogens with one attached hydrogen (secondary N) is 2. The van der Waals surface area contributed by atoms with Crippen molar-refractivity contribution >= 4 is 45.5 Å². The molecule has 0 saturated carbocycles. The molecule has 5 rings (SSSR count). The zero-order chi connectivity index (χ0) is 21.2. The van der Waals surface area contributed by atoms with Crippen molar-refractivity contribution in [1.29, 1.82) is 0 Å². The van der Waals surface area contributed by atoms with Crippen molar-refractivity contribution < 1.29 is 4.79 Å². The van der Waals surface area contributed by atoms with Gasteiger partial charge in [-0.05, 0) is 24.3 Å². The Morgan fingerprint density at radius 1 is 0.968 bits per heavy atom. The molecule has 0 unspecified atom stereocenters. The number of rotatable bonds is 4. The second kappa shape index (κ2) is 8.05. The monoisotopic (exact) mass is 424 g/mol. The maximum absolute atomic E-state index is 13.0. The number of para-hydroxylation sites is 2. The standard InChI is InChI=1S/C25H17ClN4O/c26-21-10-4-1-9-19(21)24-13-20(18-8-3-6-12-23(18)29-24)25(31)30-28-15-16-14-27-22-11-5-2-7-17(16)22/h1-15,27H,(H,30,31)/b28-15+. The third-order valence-electron chi connectivity index (χ3n) is 5.10. The van der Waals surface area contributed by atoms with E-state index < -0.39 is 0 Å². The summed E-state index contributed by atoms with van der Waals surface area (Å²) in [5.41, 5.74) is 7.15. The van der Waals surface area contributed by atoms with Crippen molar-refractivity contribution in [2.75, 3.05) is 0 Å². The van der Waals surface area contributed by atoms with Gasteiger partial charge in [-0.1, -0.05) is 66.2 Å². The van der Waals surface area contributed by atoms with Crippen LogP contribution in [0.2, 0.25) is 5.02 Å². The van der Waals surface area contributed by atoms with Gasteiger partial charge in [-0.2, -0.15) is 5.10 Å². The van der Waals surface area contributed by atoms with Crippen LogP contribution in [0.15, 0.2) is 90.2 Å². The van der Waals surface area contributed by atoms with E-state index in [1.807, 2.05) is 72.9 Å². The fourth-order valence-corrected chi connectivity index (χ4v) is 3.82. The number of hydrogen-bond donors (Lipinski definition) is 2. The van der Waals surface area contributed by atoms with Crippen LogP contribution in [0.25, 0.3) is 33.1 Å². The second-order valence-corrected chi connectivity index (χ2v) is 7.45. The molecule has 0 saturated heterocycles. The maximum Gasteiger partial charge on any atom is 0.272 e. The lowest BCUT2D eigenvalue weighted by molar-refractivity contribution is 0.0956. The average Bonchev–Trinajstić information content (AvgIpc) is 3.22. The summed E-state index contributed by atoms with van der Waals surface area (Å²) in [6.45, 7) is 0. The van der Waals surface area contributed by atoms with Crippen LogP contribution in [0.5, 0.6) is 0 Å². The third-order valence-corrected chi connectivity index (χ3v) is 5.43. The van der Waals surface area contributed by atoms with Gasteiger partial charge in [-0.3, -0.25) is 4.79 Å². The Labute approximate surface area is 183 Å². The number of nitrogens with zero attached hydrogens (tertiary/aromatic N) is 2. The average molecular weight is 425 g/mol. The highest BCUT2D eigenvalue weighted by atomic mass is 35.5. The second-order valence-electron chi connectivity index (χ2n) is 7.04. The van der Waals surface area contributed by atoms with Crippen molar-refractivity contribution in [2.24, 2.45) is 5.10 Å². The summed E-state index contributed by atoms with van der Waals surface area (Å²) >= 11 is 6.36. The predicted molar refractivity (Wildman–Crippen MR) is 126 cm³/mol. The molecule has 5 aromatic rings. The minimum Gasteiger partial charge on any atom is -0.361 e. The van der Waals surface area contributed by atoms with Gasteiger partial charge in [0.2, 0.25) is 0 Å². The number of carbonyl (C=O) groups excluding carboxylic acids is 1. The molecule has 0 radical (unpaired) electrons. The number of hydrazone groups is 1. The van der Waals surface area contributed by atoms with E-state index in [1.165, 1.54) is 0 Å². The summed E-state index contributed by atoms with van der Waals surface area (Å²) in [4.78, 5) is 20.9. The van der Waals surface area contributed by atoms with Crippen molar-refractivity contribution in [3.63, 3.8) is 0 Å². The molecule has 2 N–H and O–H groups in total. The highest BCUT2D eigenvalue weighted by Gasteiger charge is 2.15. The highest BCUT2D eigenvalue weighted by molar-refractivity contribution is 6.33. The van der Waals surface area contributed by atoms with Crippen LogP contribution in [0.3, 0.4) is 0 Å². The molecule has 2 aromatic heterocycles.